The van der Waals surface area contributed by atoms with E-state index in [9.17, 15) is 4.79 Å². The number of nitrogens with zero attached hydrogens (tertiary/aromatic N) is 1. The van der Waals surface area contributed by atoms with Crippen molar-refractivity contribution >= 4 is 0 Å². The first-order valence-electron chi connectivity index (χ1n) is 4.45. The van der Waals surface area contributed by atoms with Gasteiger partial charge < -0.3 is 9.15 Å². The van der Waals surface area contributed by atoms with Crippen LogP contribution in [0, 0.1) is 0 Å². The topological polar surface area (TPSA) is 68.1 Å². The van der Waals surface area contributed by atoms with Crippen molar-refractivity contribution in [2.75, 3.05) is 7.11 Å². The highest BCUT2D eigenvalue weighted by molar-refractivity contribution is 5.28. The van der Waals surface area contributed by atoms with Gasteiger partial charge in [0, 0.05) is 0 Å². The summed E-state index contributed by atoms with van der Waals surface area (Å²) in [7, 11) is 1.61. The van der Waals surface area contributed by atoms with E-state index in [4.69, 9.17) is 9.15 Å². The molecule has 0 aliphatic rings. The lowest BCUT2D eigenvalue weighted by Crippen LogP contribution is -1.94. The Balaban J connectivity index is 2.14. The molecule has 0 aliphatic heterocycles. The summed E-state index contributed by atoms with van der Waals surface area (Å²) in [6.07, 6.45) is 0.489. The van der Waals surface area contributed by atoms with Gasteiger partial charge in [-0.1, -0.05) is 12.1 Å². The monoisotopic (exact) mass is 206 g/mol. The number of hydrogen-bond acceptors (Lipinski definition) is 4. The fraction of sp³-hybridized carbons (Fsp3) is 0.200. The molecule has 1 aromatic carbocycles. The molecule has 0 amide bonds. The van der Waals surface area contributed by atoms with Crippen molar-refractivity contribution in [1.29, 1.82) is 0 Å². The Morgan fingerprint density at radius 1 is 1.40 bits per heavy atom. The molecule has 15 heavy (non-hydrogen) atoms. The van der Waals surface area contributed by atoms with E-state index in [-0.39, 0.29) is 0 Å². The van der Waals surface area contributed by atoms with E-state index in [1.807, 2.05) is 24.3 Å². The van der Waals surface area contributed by atoms with E-state index in [2.05, 4.69) is 10.2 Å². The van der Waals surface area contributed by atoms with Crippen molar-refractivity contribution in [2.24, 2.45) is 0 Å². The largest absolute Gasteiger partial charge is 0.497 e. The van der Waals surface area contributed by atoms with Gasteiger partial charge >= 0.3 is 5.76 Å². The summed E-state index contributed by atoms with van der Waals surface area (Å²) in [4.78, 5) is 10.7. The van der Waals surface area contributed by atoms with Crippen LogP contribution in [0.4, 0.5) is 0 Å². The van der Waals surface area contributed by atoms with E-state index in [0.717, 1.165) is 11.3 Å². The molecule has 0 spiro atoms. The first kappa shape index (κ1) is 9.51. The summed E-state index contributed by atoms with van der Waals surface area (Å²) in [5.41, 5.74) is 1.01. The number of nitrogens with one attached hydrogen (secondary N) is 1. The third-order valence-electron chi connectivity index (χ3n) is 2.00. The molecular weight excluding hydrogens is 196 g/mol. The molecule has 0 saturated carbocycles. The fourth-order valence-electron chi connectivity index (χ4n) is 1.25. The Bertz CT molecular complexity index is 484. The molecule has 0 bridgehead atoms. The van der Waals surface area contributed by atoms with E-state index in [1.165, 1.54) is 0 Å². The number of H-pyrrole nitrogens is 1. The van der Waals surface area contributed by atoms with Gasteiger partial charge in [-0.15, -0.1) is 5.10 Å². The first-order chi connectivity index (χ1) is 7.28. The highest BCUT2D eigenvalue weighted by atomic mass is 16.5. The number of benzene rings is 1. The van der Waals surface area contributed by atoms with Gasteiger partial charge in [-0.25, -0.2) is 9.89 Å². The average Bonchev–Trinajstić information content (AvgIpc) is 2.65. The van der Waals surface area contributed by atoms with Crippen molar-refractivity contribution < 1.29 is 9.15 Å². The van der Waals surface area contributed by atoms with Crippen LogP contribution in [-0.4, -0.2) is 17.3 Å². The number of rotatable bonds is 3. The van der Waals surface area contributed by atoms with Crippen molar-refractivity contribution in [2.45, 2.75) is 6.42 Å². The zero-order chi connectivity index (χ0) is 10.7. The summed E-state index contributed by atoms with van der Waals surface area (Å²) in [6, 6.07) is 7.49. The van der Waals surface area contributed by atoms with Crippen LogP contribution in [0.25, 0.3) is 0 Å². The Hall–Kier alpha value is -2.04. The minimum Gasteiger partial charge on any atom is -0.497 e. The van der Waals surface area contributed by atoms with Crippen LogP contribution in [0.5, 0.6) is 5.75 Å². The fourth-order valence-corrected chi connectivity index (χ4v) is 1.25. The van der Waals surface area contributed by atoms with Gasteiger partial charge in [-0.05, 0) is 17.7 Å². The van der Waals surface area contributed by atoms with Crippen LogP contribution in [0.1, 0.15) is 11.5 Å². The van der Waals surface area contributed by atoms with E-state index < -0.39 is 5.76 Å². The zero-order valence-corrected chi connectivity index (χ0v) is 8.19. The van der Waals surface area contributed by atoms with E-state index in [1.54, 1.807) is 7.11 Å². The number of hydrogen-bond donors (Lipinski definition) is 1. The van der Waals surface area contributed by atoms with E-state index >= 15 is 0 Å². The number of aromatic amines is 1. The average molecular weight is 206 g/mol. The third-order valence-corrected chi connectivity index (χ3v) is 2.00. The minimum absolute atomic E-state index is 0.380. The molecule has 0 saturated heterocycles. The number of methoxy groups -OCH3 is 1. The molecule has 0 fully saturated rings. The minimum atomic E-state index is -0.529. The normalized spacial score (nSPS) is 10.2. The molecule has 5 heteroatoms. The smallest absolute Gasteiger partial charge is 0.434 e. The molecule has 2 rings (SSSR count). The second-order valence-corrected chi connectivity index (χ2v) is 3.03. The predicted octanol–water partition coefficient (Wildman–Crippen LogP) is 0.962. The summed E-state index contributed by atoms with van der Waals surface area (Å²) in [6.45, 7) is 0. The van der Waals surface area contributed by atoms with Gasteiger partial charge in [0.1, 0.15) is 5.75 Å². The van der Waals surface area contributed by atoms with Gasteiger partial charge in [0.25, 0.3) is 0 Å². The molecule has 1 aromatic heterocycles. The maximum Gasteiger partial charge on any atom is 0.434 e. The van der Waals surface area contributed by atoms with Crippen LogP contribution in [0.2, 0.25) is 0 Å². The van der Waals surface area contributed by atoms with Gasteiger partial charge in [0.15, 0.2) is 0 Å². The lowest BCUT2D eigenvalue weighted by molar-refractivity contribution is 0.414. The molecule has 2 aromatic rings. The quantitative estimate of drug-likeness (QED) is 0.812. The van der Waals surface area contributed by atoms with E-state index in [0.29, 0.717) is 12.3 Å². The number of ether oxygens (including phenoxy) is 1. The highest BCUT2D eigenvalue weighted by Gasteiger charge is 2.02. The number of aromatic nitrogens is 2. The Labute approximate surface area is 85.7 Å². The van der Waals surface area contributed by atoms with Crippen molar-refractivity contribution in [3.63, 3.8) is 0 Å². The summed E-state index contributed by atoms with van der Waals surface area (Å²) in [5, 5.41) is 5.93. The molecule has 78 valence electrons. The molecule has 5 nitrogen and oxygen atoms in total. The Morgan fingerprint density at radius 3 is 2.67 bits per heavy atom. The van der Waals surface area contributed by atoms with Crippen LogP contribution in [0.15, 0.2) is 33.5 Å². The first-order valence-corrected chi connectivity index (χ1v) is 4.45. The summed E-state index contributed by atoms with van der Waals surface area (Å²) < 4.78 is 9.82. The highest BCUT2D eigenvalue weighted by Crippen LogP contribution is 2.13. The van der Waals surface area contributed by atoms with Crippen LogP contribution >= 0.6 is 0 Å². The van der Waals surface area contributed by atoms with Gasteiger partial charge in [0.05, 0.1) is 13.5 Å². The lowest BCUT2D eigenvalue weighted by atomic mass is 10.1. The van der Waals surface area contributed by atoms with Crippen LogP contribution < -0.4 is 10.5 Å². The van der Waals surface area contributed by atoms with Crippen LogP contribution in [-0.2, 0) is 6.42 Å². The Morgan fingerprint density at radius 2 is 2.13 bits per heavy atom. The third kappa shape index (κ3) is 2.25. The zero-order valence-electron chi connectivity index (χ0n) is 8.19. The second kappa shape index (κ2) is 4.00. The maximum absolute atomic E-state index is 10.7. The molecule has 0 unspecified atom stereocenters. The van der Waals surface area contributed by atoms with Crippen molar-refractivity contribution in [3.05, 3.63) is 46.3 Å². The lowest BCUT2D eigenvalue weighted by Gasteiger charge is -2.00. The standard InChI is InChI=1S/C10H10N2O3/c1-14-8-4-2-7(3-5-8)6-9-11-12-10(13)15-9/h2-5H,6H2,1H3,(H,12,13). The van der Waals surface area contributed by atoms with Gasteiger partial charge in [-0.3, -0.25) is 0 Å². The van der Waals surface area contributed by atoms with Gasteiger partial charge in [-0.2, -0.15) is 0 Å². The maximum atomic E-state index is 10.7. The molecule has 1 N–H and O–H groups in total. The predicted molar refractivity (Wildman–Crippen MR) is 52.9 cm³/mol. The van der Waals surface area contributed by atoms with Crippen LogP contribution in [0.3, 0.4) is 0 Å². The van der Waals surface area contributed by atoms with Crippen molar-refractivity contribution in [1.82, 2.24) is 10.2 Å². The molecular formula is C10H10N2O3. The van der Waals surface area contributed by atoms with Crippen molar-refractivity contribution in [3.8, 4) is 5.75 Å². The van der Waals surface area contributed by atoms with Gasteiger partial charge in [0.2, 0.25) is 5.89 Å². The molecule has 1 heterocycles. The molecule has 0 aliphatic carbocycles. The Kier molecular flexibility index (Phi) is 2.53. The second-order valence-electron chi connectivity index (χ2n) is 3.03. The molecule has 0 atom stereocenters. The summed E-state index contributed by atoms with van der Waals surface area (Å²) in [5.74, 6) is 0.644. The SMILES string of the molecule is COc1ccc(Cc2n[nH]c(=O)o2)cc1. The summed E-state index contributed by atoms with van der Waals surface area (Å²) >= 11 is 0. The molecule has 0 radical (unpaired) electrons.